The summed E-state index contributed by atoms with van der Waals surface area (Å²) in [5.74, 6) is 0.965. The summed E-state index contributed by atoms with van der Waals surface area (Å²) in [5, 5.41) is 15.0. The summed E-state index contributed by atoms with van der Waals surface area (Å²) in [6.07, 6.45) is 1.04. The lowest BCUT2D eigenvalue weighted by Gasteiger charge is -2.39. The van der Waals surface area contributed by atoms with Crippen LogP contribution in [0.4, 0.5) is 13.2 Å². The number of nitrogens with zero attached hydrogens (tertiary/aromatic N) is 3. The smallest absolute Gasteiger partial charge is 0.416 e. The maximum absolute atomic E-state index is 13.4. The number of carbonyl (C=O) groups is 1. The van der Waals surface area contributed by atoms with Crippen LogP contribution in [0.25, 0.3) is 5.70 Å². The third-order valence-electron chi connectivity index (χ3n) is 8.11. The van der Waals surface area contributed by atoms with Gasteiger partial charge in [-0.15, -0.1) is 0 Å². The van der Waals surface area contributed by atoms with E-state index in [9.17, 15) is 23.1 Å². The molecule has 0 aromatic heterocycles. The van der Waals surface area contributed by atoms with E-state index in [-0.39, 0.29) is 23.6 Å². The van der Waals surface area contributed by atoms with E-state index in [1.165, 1.54) is 26.2 Å². The minimum Gasteiger partial charge on any atom is -0.496 e. The van der Waals surface area contributed by atoms with Gasteiger partial charge in [-0.2, -0.15) is 13.2 Å². The molecule has 0 bridgehead atoms. The molecule has 5 rings (SSSR count). The van der Waals surface area contributed by atoms with Crippen molar-refractivity contribution in [3.63, 3.8) is 0 Å². The first kappa shape index (κ1) is 28.5. The minimum absolute atomic E-state index is 0.103. The quantitative estimate of drug-likeness (QED) is 0.478. The second-order valence-corrected chi connectivity index (χ2v) is 10.7. The monoisotopic (exact) mass is 569 g/mol. The van der Waals surface area contributed by atoms with E-state index in [4.69, 9.17) is 10.5 Å². The average Bonchev–Trinajstić information content (AvgIpc) is 3.37. The van der Waals surface area contributed by atoms with Gasteiger partial charge in [0.05, 0.1) is 18.4 Å². The van der Waals surface area contributed by atoms with Crippen LogP contribution in [0.3, 0.4) is 0 Å². The first-order valence-electron chi connectivity index (χ1n) is 13.6. The molecule has 41 heavy (non-hydrogen) atoms. The number of alkyl halides is 3. The molecule has 3 atom stereocenters. The number of rotatable bonds is 6. The molecule has 218 valence electrons. The van der Waals surface area contributed by atoms with Crippen molar-refractivity contribution in [3.05, 3.63) is 82.8 Å². The van der Waals surface area contributed by atoms with E-state index >= 15 is 0 Å². The van der Waals surface area contributed by atoms with Gasteiger partial charge in [0.1, 0.15) is 29.0 Å². The standard InChI is InChI=1S/C30H34F3N5O3/c1-4-24(39)37-13-6-7-18(17-37)28-36-25(26-27(34)35-12-14-38(26)28)22-11-10-20(16-23(22)41-3)29(2,40)19-8-5-9-21(15-19)30(31,32)33/h5,8-12,14-16,18,28,36,40H,4,6-7,13,17H2,1-3H3,(H2,34,35). The van der Waals surface area contributed by atoms with Gasteiger partial charge in [-0.1, -0.05) is 25.1 Å². The lowest BCUT2D eigenvalue weighted by atomic mass is 9.86. The van der Waals surface area contributed by atoms with Crippen LogP contribution in [-0.2, 0) is 16.6 Å². The second-order valence-electron chi connectivity index (χ2n) is 10.7. The van der Waals surface area contributed by atoms with Gasteiger partial charge < -0.3 is 30.7 Å². The van der Waals surface area contributed by atoms with Crippen LogP contribution in [0.15, 0.2) is 65.6 Å². The van der Waals surface area contributed by atoms with E-state index in [1.54, 1.807) is 24.4 Å². The maximum Gasteiger partial charge on any atom is 0.416 e. The number of nitrogens with one attached hydrogen (secondary N) is 1. The van der Waals surface area contributed by atoms with Gasteiger partial charge in [0.2, 0.25) is 5.91 Å². The molecule has 3 aliphatic rings. The summed E-state index contributed by atoms with van der Waals surface area (Å²) < 4.78 is 45.8. The molecule has 1 saturated heterocycles. The van der Waals surface area contributed by atoms with Crippen LogP contribution in [-0.4, -0.2) is 53.0 Å². The third kappa shape index (κ3) is 5.26. The Morgan fingerprint density at radius 2 is 1.93 bits per heavy atom. The zero-order valence-corrected chi connectivity index (χ0v) is 23.2. The molecule has 1 fully saturated rings. The molecule has 4 N–H and O–H groups in total. The van der Waals surface area contributed by atoms with Gasteiger partial charge in [0.15, 0.2) is 0 Å². The van der Waals surface area contributed by atoms with E-state index in [1.807, 2.05) is 22.9 Å². The molecule has 8 nitrogen and oxygen atoms in total. The number of ether oxygens (including phenoxy) is 1. The molecule has 0 aliphatic carbocycles. The van der Waals surface area contributed by atoms with Crippen molar-refractivity contribution in [2.45, 2.75) is 51.1 Å². The van der Waals surface area contributed by atoms with Crippen LogP contribution in [0.1, 0.15) is 55.4 Å². The first-order chi connectivity index (χ1) is 19.5. The Kier molecular flexibility index (Phi) is 7.50. The Labute approximate surface area is 237 Å². The summed E-state index contributed by atoms with van der Waals surface area (Å²) in [4.78, 5) is 20.7. The number of methoxy groups -OCH3 is 1. The normalized spacial score (nSPS) is 22.2. The van der Waals surface area contributed by atoms with Gasteiger partial charge in [0, 0.05) is 43.4 Å². The van der Waals surface area contributed by atoms with Gasteiger partial charge in [-0.3, -0.25) is 4.79 Å². The Balaban J connectivity index is 1.50. The molecule has 0 saturated carbocycles. The maximum atomic E-state index is 13.4. The van der Waals surface area contributed by atoms with Crippen molar-refractivity contribution in [1.82, 2.24) is 15.1 Å². The molecule has 11 heteroatoms. The van der Waals surface area contributed by atoms with E-state index in [0.717, 1.165) is 31.5 Å². The number of nitrogens with two attached hydrogens (primary N) is 1. The van der Waals surface area contributed by atoms with Crippen molar-refractivity contribution in [3.8, 4) is 5.75 Å². The molecule has 0 radical (unpaired) electrons. The van der Waals surface area contributed by atoms with E-state index < -0.39 is 17.3 Å². The topological polar surface area (TPSA) is 103 Å². The van der Waals surface area contributed by atoms with Crippen molar-refractivity contribution >= 4 is 17.4 Å². The fourth-order valence-corrected chi connectivity index (χ4v) is 5.86. The number of piperidine rings is 1. The average molecular weight is 570 g/mol. The van der Waals surface area contributed by atoms with Gasteiger partial charge in [0.25, 0.3) is 0 Å². The van der Waals surface area contributed by atoms with Crippen molar-refractivity contribution in [2.24, 2.45) is 16.6 Å². The van der Waals surface area contributed by atoms with Crippen molar-refractivity contribution < 1.29 is 27.8 Å². The Morgan fingerprint density at radius 3 is 2.63 bits per heavy atom. The number of carbonyl (C=O) groups excluding carboxylic acids is 1. The number of fused-ring (bicyclic) bond motifs is 1. The molecule has 2 aromatic rings. The van der Waals surface area contributed by atoms with E-state index in [2.05, 4.69) is 10.3 Å². The largest absolute Gasteiger partial charge is 0.496 e. The highest BCUT2D eigenvalue weighted by Crippen LogP contribution is 2.41. The molecule has 2 aromatic carbocycles. The molecule has 0 spiro atoms. The van der Waals surface area contributed by atoms with Crippen molar-refractivity contribution in [2.75, 3.05) is 20.2 Å². The number of halogens is 3. The number of likely N-dealkylation sites (tertiary alicyclic amines) is 1. The van der Waals surface area contributed by atoms with Crippen LogP contribution in [0, 0.1) is 5.92 Å². The summed E-state index contributed by atoms with van der Waals surface area (Å²) in [5.41, 5.74) is 6.28. The van der Waals surface area contributed by atoms with Gasteiger partial charge in [-0.05, 0) is 55.2 Å². The summed E-state index contributed by atoms with van der Waals surface area (Å²) in [7, 11) is 1.49. The highest BCUT2D eigenvalue weighted by atomic mass is 19.4. The summed E-state index contributed by atoms with van der Waals surface area (Å²) >= 11 is 0. The predicted octanol–water partition coefficient (Wildman–Crippen LogP) is 4.36. The van der Waals surface area contributed by atoms with Crippen LogP contribution in [0.5, 0.6) is 5.75 Å². The second kappa shape index (κ2) is 10.8. The Bertz CT molecular complexity index is 1430. The molecular formula is C30H34F3N5O3. The number of amides is 1. The number of benzene rings is 2. The van der Waals surface area contributed by atoms with Gasteiger partial charge in [-0.25, -0.2) is 4.99 Å². The first-order valence-corrected chi connectivity index (χ1v) is 13.6. The van der Waals surface area contributed by atoms with Crippen molar-refractivity contribution in [1.29, 1.82) is 0 Å². The third-order valence-corrected chi connectivity index (χ3v) is 8.11. The SMILES string of the molecule is CCC(=O)N1CCCC(C2NC(c3ccc(C(C)(O)c4cccc(C(F)(F)F)c4)cc3OC)=C3C(N)=NC=CN32)C1. The highest BCUT2D eigenvalue weighted by molar-refractivity contribution is 6.05. The number of hydrogen-bond acceptors (Lipinski definition) is 7. The predicted molar refractivity (Wildman–Crippen MR) is 149 cm³/mol. The number of hydrogen-bond donors (Lipinski definition) is 3. The Hall–Kier alpha value is -3.99. The lowest BCUT2D eigenvalue weighted by Crippen LogP contribution is -2.50. The fourth-order valence-electron chi connectivity index (χ4n) is 5.86. The molecular weight excluding hydrogens is 535 g/mol. The summed E-state index contributed by atoms with van der Waals surface area (Å²) in [6.45, 7) is 4.67. The number of aliphatic imine (C=N–C) groups is 1. The van der Waals surface area contributed by atoms with E-state index in [0.29, 0.717) is 47.1 Å². The highest BCUT2D eigenvalue weighted by Gasteiger charge is 2.41. The number of aliphatic hydroxyl groups is 1. The number of amidine groups is 1. The zero-order chi connectivity index (χ0) is 29.5. The van der Waals surface area contributed by atoms with Crippen LogP contribution in [0.2, 0.25) is 0 Å². The van der Waals surface area contributed by atoms with Crippen LogP contribution < -0.4 is 15.8 Å². The molecule has 3 heterocycles. The molecule has 3 unspecified atom stereocenters. The molecule has 1 amide bonds. The lowest BCUT2D eigenvalue weighted by molar-refractivity contribution is -0.137. The summed E-state index contributed by atoms with van der Waals surface area (Å²) in [6, 6.07) is 9.71. The zero-order valence-electron chi connectivity index (χ0n) is 23.2. The minimum atomic E-state index is -4.53. The molecule has 3 aliphatic heterocycles. The van der Waals surface area contributed by atoms with Crippen LogP contribution >= 0.6 is 0 Å². The van der Waals surface area contributed by atoms with Gasteiger partial charge >= 0.3 is 6.18 Å². The Morgan fingerprint density at radius 1 is 1.20 bits per heavy atom. The fraction of sp³-hybridized carbons (Fsp3) is 0.400.